The monoisotopic (exact) mass is 487 g/mol. The van der Waals surface area contributed by atoms with E-state index in [2.05, 4.69) is 32.0 Å². The summed E-state index contributed by atoms with van der Waals surface area (Å²) in [5, 5.41) is 4.27. The first-order valence-electron chi connectivity index (χ1n) is 12.3. The maximum Gasteiger partial charge on any atom is 0.124 e. The van der Waals surface area contributed by atoms with Gasteiger partial charge in [-0.25, -0.2) is 4.98 Å². The Bertz CT molecular complexity index is 1320. The average Bonchev–Trinajstić information content (AvgIpc) is 3.53. The van der Waals surface area contributed by atoms with Gasteiger partial charge in [0, 0.05) is 67.5 Å². The molecule has 2 N–H and O–H groups in total. The number of hydrogen-bond acceptors (Lipinski definition) is 8. The van der Waals surface area contributed by atoms with Crippen molar-refractivity contribution in [3.05, 3.63) is 55.0 Å². The highest BCUT2D eigenvalue weighted by Crippen LogP contribution is 2.34. The van der Waals surface area contributed by atoms with Crippen LogP contribution < -0.4 is 20.1 Å². The largest absolute Gasteiger partial charge is 0.497 e. The predicted octanol–water partition coefficient (Wildman–Crippen LogP) is 3.61. The minimum Gasteiger partial charge on any atom is -0.497 e. The maximum absolute atomic E-state index is 6.11. The molecule has 3 heterocycles. The van der Waals surface area contributed by atoms with Gasteiger partial charge in [-0.15, -0.1) is 0 Å². The summed E-state index contributed by atoms with van der Waals surface area (Å²) < 4.78 is 12.9. The van der Waals surface area contributed by atoms with E-state index < -0.39 is 0 Å². The number of fused-ring (bicyclic) bond motifs is 1. The van der Waals surface area contributed by atoms with Gasteiger partial charge in [0.15, 0.2) is 0 Å². The fourth-order valence-electron chi connectivity index (χ4n) is 4.73. The van der Waals surface area contributed by atoms with E-state index in [1.165, 1.54) is 0 Å². The summed E-state index contributed by atoms with van der Waals surface area (Å²) in [6, 6.07) is 12.5. The SMILES string of the molecule is COc1cc(OC)cc(N(CCCN2CCC(N)C2)c2ccc3ncc(-c4cnn(C)c4)nc3c2)c1. The number of methoxy groups -OCH3 is 2. The zero-order chi connectivity index (χ0) is 25.1. The lowest BCUT2D eigenvalue weighted by Crippen LogP contribution is -2.29. The molecule has 1 saturated heterocycles. The Morgan fingerprint density at radius 3 is 2.50 bits per heavy atom. The number of hydrogen-bond donors (Lipinski definition) is 1. The van der Waals surface area contributed by atoms with Crippen LogP contribution in [0.15, 0.2) is 55.0 Å². The van der Waals surface area contributed by atoms with E-state index in [9.17, 15) is 0 Å². The topological polar surface area (TPSA) is 94.6 Å². The lowest BCUT2D eigenvalue weighted by atomic mass is 10.1. The number of rotatable bonds is 9. The Morgan fingerprint density at radius 1 is 1.03 bits per heavy atom. The highest BCUT2D eigenvalue weighted by Gasteiger charge is 2.20. The molecule has 1 aliphatic heterocycles. The molecule has 2 aromatic heterocycles. The molecular formula is C27H33N7O2. The van der Waals surface area contributed by atoms with Crippen LogP contribution in [0.5, 0.6) is 11.5 Å². The summed E-state index contributed by atoms with van der Waals surface area (Å²) in [5.41, 5.74) is 11.6. The summed E-state index contributed by atoms with van der Waals surface area (Å²) in [7, 11) is 5.24. The second-order valence-electron chi connectivity index (χ2n) is 9.26. The third-order valence-electron chi connectivity index (χ3n) is 6.65. The third-order valence-corrected chi connectivity index (χ3v) is 6.65. The first-order valence-corrected chi connectivity index (χ1v) is 12.3. The number of anilines is 2. The number of nitrogens with zero attached hydrogens (tertiary/aromatic N) is 6. The van der Waals surface area contributed by atoms with E-state index in [1.54, 1.807) is 31.3 Å². The minimum atomic E-state index is 0.289. The molecule has 0 saturated carbocycles. The predicted molar refractivity (Wildman–Crippen MR) is 142 cm³/mol. The number of ether oxygens (including phenoxy) is 2. The van der Waals surface area contributed by atoms with Crippen molar-refractivity contribution in [2.24, 2.45) is 12.8 Å². The zero-order valence-electron chi connectivity index (χ0n) is 21.1. The molecule has 1 aliphatic rings. The van der Waals surface area contributed by atoms with Gasteiger partial charge in [-0.1, -0.05) is 0 Å². The highest BCUT2D eigenvalue weighted by atomic mass is 16.5. The molecule has 1 fully saturated rings. The van der Waals surface area contributed by atoms with E-state index in [0.29, 0.717) is 0 Å². The minimum absolute atomic E-state index is 0.289. The molecule has 2 aromatic carbocycles. The summed E-state index contributed by atoms with van der Waals surface area (Å²) in [5.74, 6) is 1.50. The molecule has 9 heteroatoms. The second-order valence-corrected chi connectivity index (χ2v) is 9.26. The van der Waals surface area contributed by atoms with Gasteiger partial charge in [-0.2, -0.15) is 5.10 Å². The molecule has 1 atom stereocenters. The molecule has 36 heavy (non-hydrogen) atoms. The van der Waals surface area contributed by atoms with E-state index in [-0.39, 0.29) is 6.04 Å². The molecule has 1 unspecified atom stereocenters. The van der Waals surface area contributed by atoms with Crippen LogP contribution in [0.25, 0.3) is 22.3 Å². The van der Waals surface area contributed by atoms with E-state index in [0.717, 1.165) is 84.2 Å². The van der Waals surface area contributed by atoms with Crippen LogP contribution in [-0.4, -0.2) is 71.1 Å². The number of nitrogens with two attached hydrogens (primary N) is 1. The van der Waals surface area contributed by atoms with E-state index >= 15 is 0 Å². The maximum atomic E-state index is 6.11. The smallest absolute Gasteiger partial charge is 0.124 e. The number of aryl methyl sites for hydroxylation is 1. The van der Waals surface area contributed by atoms with Gasteiger partial charge in [-0.05, 0) is 44.1 Å². The van der Waals surface area contributed by atoms with Crippen LogP contribution in [0.2, 0.25) is 0 Å². The van der Waals surface area contributed by atoms with Crippen LogP contribution in [0.4, 0.5) is 11.4 Å². The van der Waals surface area contributed by atoms with E-state index in [4.69, 9.17) is 20.2 Å². The molecule has 0 spiro atoms. The van der Waals surface area contributed by atoms with Crippen molar-refractivity contribution in [2.45, 2.75) is 18.9 Å². The van der Waals surface area contributed by atoms with Crippen molar-refractivity contribution in [3.63, 3.8) is 0 Å². The molecule has 9 nitrogen and oxygen atoms in total. The first kappa shape index (κ1) is 24.0. The fourth-order valence-corrected chi connectivity index (χ4v) is 4.73. The number of aromatic nitrogens is 4. The molecule has 0 aliphatic carbocycles. The van der Waals surface area contributed by atoms with Crippen LogP contribution in [0, 0.1) is 0 Å². The van der Waals surface area contributed by atoms with Gasteiger partial charge >= 0.3 is 0 Å². The molecule has 0 amide bonds. The van der Waals surface area contributed by atoms with Crippen LogP contribution in [-0.2, 0) is 7.05 Å². The van der Waals surface area contributed by atoms with Gasteiger partial charge in [0.1, 0.15) is 11.5 Å². The lowest BCUT2D eigenvalue weighted by Gasteiger charge is -2.27. The van der Waals surface area contributed by atoms with Gasteiger partial charge in [0.2, 0.25) is 0 Å². The Morgan fingerprint density at radius 2 is 1.83 bits per heavy atom. The van der Waals surface area contributed by atoms with E-state index in [1.807, 2.05) is 37.5 Å². The Balaban J connectivity index is 1.49. The second kappa shape index (κ2) is 10.5. The fraction of sp³-hybridized carbons (Fsp3) is 0.370. The Labute approximate surface area is 211 Å². The van der Waals surface area contributed by atoms with Crippen LogP contribution >= 0.6 is 0 Å². The van der Waals surface area contributed by atoms with Crippen molar-refractivity contribution in [1.29, 1.82) is 0 Å². The van der Waals surface area contributed by atoms with Crippen molar-refractivity contribution in [1.82, 2.24) is 24.6 Å². The highest BCUT2D eigenvalue weighted by molar-refractivity contribution is 5.82. The average molecular weight is 488 g/mol. The number of likely N-dealkylation sites (tertiary alicyclic amines) is 1. The summed E-state index contributed by atoms with van der Waals surface area (Å²) >= 11 is 0. The van der Waals surface area contributed by atoms with Crippen molar-refractivity contribution >= 4 is 22.4 Å². The summed E-state index contributed by atoms with van der Waals surface area (Å²) in [4.78, 5) is 14.3. The molecule has 0 bridgehead atoms. The van der Waals surface area contributed by atoms with Crippen molar-refractivity contribution in [3.8, 4) is 22.8 Å². The Hall–Kier alpha value is -3.69. The van der Waals surface area contributed by atoms with Crippen LogP contribution in [0.1, 0.15) is 12.8 Å². The third kappa shape index (κ3) is 5.27. The molecule has 188 valence electrons. The van der Waals surface area contributed by atoms with Gasteiger partial charge in [0.05, 0.1) is 43.3 Å². The van der Waals surface area contributed by atoms with Gasteiger partial charge in [0.25, 0.3) is 0 Å². The molecular weight excluding hydrogens is 454 g/mol. The Kier molecular flexibility index (Phi) is 7.02. The van der Waals surface area contributed by atoms with Crippen LogP contribution in [0.3, 0.4) is 0 Å². The summed E-state index contributed by atoms with van der Waals surface area (Å²) in [6.45, 7) is 3.86. The standard InChI is InChI=1S/C27H33N7O2/c1-32-17-19(15-30-32)27-16-29-25-6-5-21(13-26(25)31-27)34(9-4-8-33-10-7-20(28)18-33)22-11-23(35-2)14-24(12-22)36-3/h5-6,11-17,20H,4,7-10,18,28H2,1-3H3. The molecule has 0 radical (unpaired) electrons. The lowest BCUT2D eigenvalue weighted by molar-refractivity contribution is 0.331. The van der Waals surface area contributed by atoms with Crippen molar-refractivity contribution < 1.29 is 9.47 Å². The summed E-state index contributed by atoms with van der Waals surface area (Å²) in [6.07, 6.45) is 7.60. The quantitative estimate of drug-likeness (QED) is 0.383. The molecule has 5 rings (SSSR count). The van der Waals surface area contributed by atoms with Crippen molar-refractivity contribution in [2.75, 3.05) is 45.3 Å². The van der Waals surface area contributed by atoms with Gasteiger partial charge < -0.3 is 25.0 Å². The first-order chi connectivity index (χ1) is 17.5. The van der Waals surface area contributed by atoms with Gasteiger partial charge in [-0.3, -0.25) is 9.67 Å². The number of benzene rings is 2. The molecule has 4 aromatic rings. The normalized spacial score (nSPS) is 15.9. The zero-order valence-corrected chi connectivity index (χ0v) is 21.1.